The first-order valence-electron chi connectivity index (χ1n) is 5.85. The third kappa shape index (κ3) is 2.83. The number of non-ortho nitro benzene ring substituents is 1. The van der Waals surface area contributed by atoms with Crippen molar-refractivity contribution >= 4 is 11.4 Å². The molecule has 0 bridgehead atoms. The summed E-state index contributed by atoms with van der Waals surface area (Å²) in [5.74, 6) is 0. The number of hydrogen-bond acceptors (Lipinski definition) is 5. The molecule has 2 rings (SSSR count). The van der Waals surface area contributed by atoms with Crippen molar-refractivity contribution in [1.29, 1.82) is 5.26 Å². The van der Waals surface area contributed by atoms with Gasteiger partial charge in [-0.1, -0.05) is 0 Å². The summed E-state index contributed by atoms with van der Waals surface area (Å²) >= 11 is 0. The molecule has 1 aromatic rings. The minimum atomic E-state index is -2.83. The van der Waals surface area contributed by atoms with Crippen LogP contribution in [0, 0.1) is 21.4 Å². The average Bonchev–Trinajstić information content (AvgIpc) is 2.46. The summed E-state index contributed by atoms with van der Waals surface area (Å²) in [6.45, 7) is 0.766. The Balaban J connectivity index is 2.35. The second-order valence-corrected chi connectivity index (χ2v) is 4.24. The maximum atomic E-state index is 13.1. The highest BCUT2D eigenvalue weighted by molar-refractivity contribution is 5.59. The molecule has 106 valence electrons. The first-order valence-corrected chi connectivity index (χ1v) is 5.85. The smallest absolute Gasteiger partial charge is 0.270 e. The number of hydrogen-bond donors (Lipinski definition) is 0. The number of halogens is 2. The summed E-state index contributed by atoms with van der Waals surface area (Å²) in [6.07, 6.45) is -3.52. The lowest BCUT2D eigenvalue weighted by atomic mass is 10.1. The van der Waals surface area contributed by atoms with Crippen molar-refractivity contribution in [3.05, 3.63) is 33.9 Å². The third-order valence-electron chi connectivity index (χ3n) is 3.01. The highest BCUT2D eigenvalue weighted by Gasteiger charge is 2.26. The molecule has 0 aromatic heterocycles. The maximum absolute atomic E-state index is 13.1. The summed E-state index contributed by atoms with van der Waals surface area (Å²) < 4.78 is 31.3. The van der Waals surface area contributed by atoms with Crippen molar-refractivity contribution in [2.45, 2.75) is 12.5 Å². The fourth-order valence-corrected chi connectivity index (χ4v) is 2.06. The first kappa shape index (κ1) is 14.1. The van der Waals surface area contributed by atoms with Gasteiger partial charge in [0.1, 0.15) is 0 Å². The van der Waals surface area contributed by atoms with Crippen molar-refractivity contribution in [2.24, 2.45) is 0 Å². The molecule has 8 heteroatoms. The quantitative estimate of drug-likeness (QED) is 0.628. The zero-order chi connectivity index (χ0) is 14.7. The molecule has 0 saturated carbocycles. The number of rotatable bonds is 3. The van der Waals surface area contributed by atoms with Gasteiger partial charge in [0.2, 0.25) is 0 Å². The van der Waals surface area contributed by atoms with Crippen molar-refractivity contribution in [2.75, 3.05) is 24.6 Å². The molecule has 0 amide bonds. The van der Waals surface area contributed by atoms with Crippen LogP contribution in [0.1, 0.15) is 12.0 Å². The van der Waals surface area contributed by atoms with E-state index in [4.69, 9.17) is 10.00 Å². The fourth-order valence-electron chi connectivity index (χ4n) is 2.06. The van der Waals surface area contributed by atoms with Crippen LogP contribution < -0.4 is 4.90 Å². The van der Waals surface area contributed by atoms with E-state index in [1.165, 1.54) is 12.1 Å². The van der Waals surface area contributed by atoms with Gasteiger partial charge in [0, 0.05) is 29.9 Å². The molecule has 1 unspecified atom stereocenters. The van der Waals surface area contributed by atoms with Crippen LogP contribution in [0.25, 0.3) is 0 Å². The van der Waals surface area contributed by atoms with Gasteiger partial charge >= 0.3 is 0 Å². The summed E-state index contributed by atoms with van der Waals surface area (Å²) in [6, 6.07) is 5.26. The van der Waals surface area contributed by atoms with Crippen LogP contribution in [0.4, 0.5) is 20.2 Å². The third-order valence-corrected chi connectivity index (χ3v) is 3.01. The zero-order valence-electron chi connectivity index (χ0n) is 10.3. The molecule has 1 saturated heterocycles. The van der Waals surface area contributed by atoms with Gasteiger partial charge in [-0.05, 0) is 6.07 Å². The lowest BCUT2D eigenvalue weighted by molar-refractivity contribution is -0.385. The van der Waals surface area contributed by atoms with Crippen LogP contribution in [0.3, 0.4) is 0 Å². The molecule has 6 nitrogen and oxygen atoms in total. The Bertz CT molecular complexity index is 559. The number of nitro benzene ring substituents is 1. The summed E-state index contributed by atoms with van der Waals surface area (Å²) in [7, 11) is 0. The van der Waals surface area contributed by atoms with Gasteiger partial charge in [0.25, 0.3) is 12.1 Å². The number of ether oxygens (including phenoxy) is 1. The molecule has 0 radical (unpaired) electrons. The van der Waals surface area contributed by atoms with Crippen molar-refractivity contribution in [3.63, 3.8) is 0 Å². The minimum Gasteiger partial charge on any atom is -0.365 e. The zero-order valence-corrected chi connectivity index (χ0v) is 10.3. The van der Waals surface area contributed by atoms with Crippen molar-refractivity contribution in [1.82, 2.24) is 0 Å². The van der Waals surface area contributed by atoms with Crippen molar-refractivity contribution < 1.29 is 18.4 Å². The highest BCUT2D eigenvalue weighted by atomic mass is 19.3. The standard InChI is InChI=1S/C12H11F2N3O3/c13-12(14)10-5-8(17(18)19)1-2-11(10)16-3-4-20-9(6-15)7-16/h1-2,5,9,12H,3-4,7H2. The lowest BCUT2D eigenvalue weighted by Gasteiger charge is -2.32. The van der Waals surface area contributed by atoms with Gasteiger partial charge in [-0.3, -0.25) is 10.1 Å². The van der Waals surface area contributed by atoms with Gasteiger partial charge in [-0.25, -0.2) is 8.78 Å². The first-order chi connectivity index (χ1) is 9.52. The number of benzene rings is 1. The van der Waals surface area contributed by atoms with Gasteiger partial charge in [0.15, 0.2) is 6.10 Å². The van der Waals surface area contributed by atoms with Crippen LogP contribution >= 0.6 is 0 Å². The van der Waals surface area contributed by atoms with Crippen LogP contribution in [-0.2, 0) is 4.74 Å². The molecule has 1 aromatic carbocycles. The summed E-state index contributed by atoms with van der Waals surface area (Å²) in [4.78, 5) is 11.5. The Morgan fingerprint density at radius 1 is 1.55 bits per heavy atom. The Labute approximate surface area is 113 Å². The Kier molecular flexibility index (Phi) is 4.10. The molecule has 1 heterocycles. The van der Waals surface area contributed by atoms with E-state index < -0.39 is 23.0 Å². The Morgan fingerprint density at radius 3 is 2.90 bits per heavy atom. The Hall–Kier alpha value is -2.27. The molecule has 0 N–H and O–H groups in total. The van der Waals surface area contributed by atoms with E-state index in [-0.39, 0.29) is 24.5 Å². The predicted octanol–water partition coefficient (Wildman–Crippen LogP) is 2.26. The average molecular weight is 283 g/mol. The van der Waals surface area contributed by atoms with E-state index >= 15 is 0 Å². The van der Waals surface area contributed by atoms with Crippen LogP contribution in [0.5, 0.6) is 0 Å². The van der Waals surface area contributed by atoms with Crippen LogP contribution in [-0.4, -0.2) is 30.7 Å². The molecule has 1 fully saturated rings. The molecular formula is C12H11F2N3O3. The molecule has 1 aliphatic rings. The second-order valence-electron chi connectivity index (χ2n) is 4.24. The van der Waals surface area contributed by atoms with Gasteiger partial charge < -0.3 is 9.64 Å². The van der Waals surface area contributed by atoms with E-state index in [1.54, 1.807) is 4.90 Å². The van der Waals surface area contributed by atoms with Crippen LogP contribution in [0.15, 0.2) is 18.2 Å². The SMILES string of the molecule is N#CC1CN(c2ccc([N+](=O)[O-])cc2C(F)F)CCO1. The van der Waals surface area contributed by atoms with Gasteiger partial charge in [-0.2, -0.15) is 5.26 Å². The van der Waals surface area contributed by atoms with Crippen LogP contribution in [0.2, 0.25) is 0 Å². The minimum absolute atomic E-state index is 0.161. The molecular weight excluding hydrogens is 272 g/mol. The van der Waals surface area contributed by atoms with E-state index in [2.05, 4.69) is 0 Å². The highest BCUT2D eigenvalue weighted by Crippen LogP contribution is 2.33. The monoisotopic (exact) mass is 283 g/mol. The number of alkyl halides is 2. The predicted molar refractivity (Wildman–Crippen MR) is 65.6 cm³/mol. The van der Waals surface area contributed by atoms with E-state index in [1.807, 2.05) is 6.07 Å². The number of nitriles is 1. The van der Waals surface area contributed by atoms with E-state index in [0.717, 1.165) is 6.07 Å². The second kappa shape index (κ2) is 5.79. The largest absolute Gasteiger partial charge is 0.365 e. The number of anilines is 1. The van der Waals surface area contributed by atoms with Gasteiger partial charge in [-0.15, -0.1) is 0 Å². The number of morpholine rings is 1. The molecule has 1 atom stereocenters. The Morgan fingerprint density at radius 2 is 2.30 bits per heavy atom. The topological polar surface area (TPSA) is 79.4 Å². The molecule has 0 aliphatic carbocycles. The molecule has 1 aliphatic heterocycles. The van der Waals surface area contributed by atoms with Crippen molar-refractivity contribution in [3.8, 4) is 6.07 Å². The lowest BCUT2D eigenvalue weighted by Crippen LogP contribution is -2.42. The molecule has 0 spiro atoms. The maximum Gasteiger partial charge on any atom is 0.270 e. The number of nitro groups is 1. The summed E-state index contributed by atoms with van der Waals surface area (Å²) in [5.41, 5.74) is -0.582. The molecule has 20 heavy (non-hydrogen) atoms. The normalized spacial score (nSPS) is 18.9. The fraction of sp³-hybridized carbons (Fsp3) is 0.417. The summed E-state index contributed by atoms with van der Waals surface area (Å²) in [5, 5.41) is 19.5. The van der Waals surface area contributed by atoms with E-state index in [9.17, 15) is 18.9 Å². The van der Waals surface area contributed by atoms with E-state index in [0.29, 0.717) is 6.54 Å². The number of nitrogens with zero attached hydrogens (tertiary/aromatic N) is 3. The van der Waals surface area contributed by atoms with Gasteiger partial charge in [0.05, 0.1) is 24.1 Å².